The molecule has 0 spiro atoms. The quantitative estimate of drug-likeness (QED) is 0.532. The molecule has 2 aromatic heterocycles. The Kier molecular flexibility index (Phi) is 6.28. The summed E-state index contributed by atoms with van der Waals surface area (Å²) in [6, 6.07) is 4.24. The molecule has 2 atom stereocenters. The Morgan fingerprint density at radius 1 is 1.26 bits per heavy atom. The molecule has 11 heteroatoms. The zero-order valence-electron chi connectivity index (χ0n) is 18.9. The van der Waals surface area contributed by atoms with Gasteiger partial charge in [-0.3, -0.25) is 4.79 Å². The fourth-order valence-electron chi connectivity index (χ4n) is 4.18. The summed E-state index contributed by atoms with van der Waals surface area (Å²) in [5, 5.41) is 6.56. The Hall–Kier alpha value is -3.50. The second-order valence-corrected chi connectivity index (χ2v) is 8.38. The highest BCUT2D eigenvalue weighted by atomic mass is 19.4. The predicted octanol–water partition coefficient (Wildman–Crippen LogP) is 4.38. The highest BCUT2D eigenvalue weighted by Crippen LogP contribution is 2.35. The summed E-state index contributed by atoms with van der Waals surface area (Å²) in [4.78, 5) is 26.7. The van der Waals surface area contributed by atoms with Crippen molar-refractivity contribution in [3.8, 4) is 0 Å². The third-order valence-electron chi connectivity index (χ3n) is 5.75. The van der Waals surface area contributed by atoms with Crippen LogP contribution in [0.3, 0.4) is 0 Å². The van der Waals surface area contributed by atoms with E-state index in [0.29, 0.717) is 41.5 Å². The minimum absolute atomic E-state index is 0.0192. The number of nitrogens with zero attached hydrogens (tertiary/aromatic N) is 4. The summed E-state index contributed by atoms with van der Waals surface area (Å²) in [6.07, 6.45) is -2.41. The molecule has 1 aromatic carbocycles. The molecule has 0 unspecified atom stereocenters. The number of pyridine rings is 1. The lowest BCUT2D eigenvalue weighted by Crippen LogP contribution is -2.35. The van der Waals surface area contributed by atoms with E-state index in [0.717, 1.165) is 12.5 Å². The summed E-state index contributed by atoms with van der Waals surface area (Å²) in [6.45, 7) is 6.03. The molecule has 1 saturated heterocycles. The first-order valence-corrected chi connectivity index (χ1v) is 10.8. The molecule has 34 heavy (non-hydrogen) atoms. The Morgan fingerprint density at radius 2 is 2.03 bits per heavy atom. The van der Waals surface area contributed by atoms with E-state index in [-0.39, 0.29) is 17.5 Å². The van der Waals surface area contributed by atoms with Crippen molar-refractivity contribution in [2.24, 2.45) is 0 Å². The minimum Gasteiger partial charge on any atom is -0.363 e. The van der Waals surface area contributed by atoms with E-state index < -0.39 is 23.6 Å². The SMILES string of the molecule is CC(=O)N[C@@H]1CCN(c2cc3c(N[C@H](C)c4cccc(C(F)(F)F)c4F)nc(C)nc3cn2)C1. The lowest BCUT2D eigenvalue weighted by atomic mass is 10.0. The van der Waals surface area contributed by atoms with E-state index in [4.69, 9.17) is 0 Å². The molecular formula is C23H24F4N6O. The van der Waals surface area contributed by atoms with Gasteiger partial charge in [0.05, 0.1) is 23.3 Å². The molecule has 180 valence electrons. The Labute approximate surface area is 193 Å². The van der Waals surface area contributed by atoms with Crippen molar-refractivity contribution in [2.45, 2.75) is 45.5 Å². The van der Waals surface area contributed by atoms with E-state index in [9.17, 15) is 22.4 Å². The van der Waals surface area contributed by atoms with Gasteiger partial charge in [0.15, 0.2) is 0 Å². The molecule has 2 N–H and O–H groups in total. The van der Waals surface area contributed by atoms with E-state index in [1.807, 2.05) is 4.90 Å². The number of hydrogen-bond donors (Lipinski definition) is 2. The number of aryl methyl sites for hydroxylation is 1. The van der Waals surface area contributed by atoms with Crippen molar-refractivity contribution in [2.75, 3.05) is 23.3 Å². The number of hydrogen-bond acceptors (Lipinski definition) is 6. The van der Waals surface area contributed by atoms with E-state index in [1.54, 1.807) is 26.1 Å². The summed E-state index contributed by atoms with van der Waals surface area (Å²) >= 11 is 0. The van der Waals surface area contributed by atoms with Crippen LogP contribution in [0.25, 0.3) is 10.9 Å². The fourth-order valence-corrected chi connectivity index (χ4v) is 4.18. The van der Waals surface area contributed by atoms with Crippen molar-refractivity contribution in [1.29, 1.82) is 0 Å². The number of amides is 1. The summed E-state index contributed by atoms with van der Waals surface area (Å²) in [5.41, 5.74) is -0.879. The van der Waals surface area contributed by atoms with Gasteiger partial charge in [0.1, 0.15) is 23.3 Å². The molecule has 1 fully saturated rings. The lowest BCUT2D eigenvalue weighted by molar-refractivity contribution is -0.140. The van der Waals surface area contributed by atoms with Crippen molar-refractivity contribution in [3.63, 3.8) is 0 Å². The van der Waals surface area contributed by atoms with E-state index in [1.165, 1.54) is 19.1 Å². The van der Waals surface area contributed by atoms with Gasteiger partial charge >= 0.3 is 6.18 Å². The van der Waals surface area contributed by atoms with Crippen molar-refractivity contribution in [3.05, 3.63) is 53.2 Å². The third-order valence-corrected chi connectivity index (χ3v) is 5.75. The number of fused-ring (bicyclic) bond motifs is 1. The number of anilines is 2. The van der Waals surface area contributed by atoms with Gasteiger partial charge in [-0.15, -0.1) is 0 Å². The van der Waals surface area contributed by atoms with Crippen LogP contribution in [-0.2, 0) is 11.0 Å². The Balaban J connectivity index is 1.65. The van der Waals surface area contributed by atoms with Gasteiger partial charge in [0.25, 0.3) is 0 Å². The summed E-state index contributed by atoms with van der Waals surface area (Å²) in [5.74, 6) is 0.0630. The largest absolute Gasteiger partial charge is 0.419 e. The first kappa shape index (κ1) is 23.7. The summed E-state index contributed by atoms with van der Waals surface area (Å²) < 4.78 is 54.1. The molecule has 0 bridgehead atoms. The number of halogens is 4. The second-order valence-electron chi connectivity index (χ2n) is 8.38. The highest BCUT2D eigenvalue weighted by Gasteiger charge is 2.35. The topological polar surface area (TPSA) is 83.0 Å². The average molecular weight is 476 g/mol. The Morgan fingerprint density at radius 3 is 2.74 bits per heavy atom. The molecule has 1 aliphatic rings. The fraction of sp³-hybridized carbons (Fsp3) is 0.391. The standard InChI is InChI=1S/C23H24F4N6O/c1-12(16-5-4-6-18(21(16)24)23(25,26)27)29-22-17-9-20(28-10-19(17)30-13(2)31-22)33-8-7-15(11-33)32-14(3)34/h4-6,9-10,12,15H,7-8,11H2,1-3H3,(H,32,34)(H,29,30,31)/t12-,15-/m1/s1. The van der Waals surface area contributed by atoms with Crippen LogP contribution in [0.5, 0.6) is 0 Å². The molecular weight excluding hydrogens is 452 g/mol. The van der Waals surface area contributed by atoms with E-state index >= 15 is 0 Å². The molecule has 7 nitrogen and oxygen atoms in total. The van der Waals surface area contributed by atoms with Crippen LogP contribution >= 0.6 is 0 Å². The van der Waals surface area contributed by atoms with Crippen LogP contribution in [-0.4, -0.2) is 40.0 Å². The van der Waals surface area contributed by atoms with Crippen LogP contribution in [0.1, 0.15) is 43.3 Å². The highest BCUT2D eigenvalue weighted by molar-refractivity contribution is 5.90. The first-order valence-electron chi connectivity index (χ1n) is 10.8. The predicted molar refractivity (Wildman–Crippen MR) is 120 cm³/mol. The van der Waals surface area contributed by atoms with Crippen molar-refractivity contribution in [1.82, 2.24) is 20.3 Å². The van der Waals surface area contributed by atoms with Gasteiger partial charge in [-0.2, -0.15) is 13.2 Å². The number of carbonyl (C=O) groups excluding carboxylic acids is 1. The molecule has 3 aromatic rings. The first-order chi connectivity index (χ1) is 16.0. The number of aromatic nitrogens is 3. The smallest absolute Gasteiger partial charge is 0.363 e. The molecule has 4 rings (SSSR count). The molecule has 0 radical (unpaired) electrons. The average Bonchev–Trinajstić information content (AvgIpc) is 3.20. The minimum atomic E-state index is -4.79. The monoisotopic (exact) mass is 476 g/mol. The molecule has 3 heterocycles. The van der Waals surface area contributed by atoms with Crippen LogP contribution in [0.15, 0.2) is 30.5 Å². The zero-order valence-corrected chi connectivity index (χ0v) is 18.9. The van der Waals surface area contributed by atoms with E-state index in [2.05, 4.69) is 25.6 Å². The Bertz CT molecular complexity index is 1230. The van der Waals surface area contributed by atoms with Gasteiger partial charge in [-0.25, -0.2) is 19.3 Å². The molecule has 0 aliphatic carbocycles. The maximum absolute atomic E-state index is 14.7. The van der Waals surface area contributed by atoms with Crippen molar-refractivity contribution >= 4 is 28.4 Å². The van der Waals surface area contributed by atoms with Crippen molar-refractivity contribution < 1.29 is 22.4 Å². The maximum atomic E-state index is 14.7. The molecule has 1 amide bonds. The third kappa shape index (κ3) is 4.87. The molecule has 0 saturated carbocycles. The zero-order chi connectivity index (χ0) is 24.6. The van der Waals surface area contributed by atoms with Crippen LogP contribution in [0, 0.1) is 12.7 Å². The number of carbonyl (C=O) groups is 1. The normalized spacial score (nSPS) is 17.1. The van der Waals surface area contributed by atoms with Gasteiger partial charge in [0, 0.05) is 37.0 Å². The van der Waals surface area contributed by atoms with Gasteiger partial charge in [-0.05, 0) is 32.4 Å². The van der Waals surface area contributed by atoms with Gasteiger partial charge < -0.3 is 15.5 Å². The number of nitrogens with one attached hydrogen (secondary N) is 2. The number of benzene rings is 1. The van der Waals surface area contributed by atoms with Gasteiger partial charge in [-0.1, -0.05) is 12.1 Å². The number of alkyl halides is 3. The van der Waals surface area contributed by atoms with Crippen LogP contribution in [0.2, 0.25) is 0 Å². The molecule has 1 aliphatic heterocycles. The lowest BCUT2D eigenvalue weighted by Gasteiger charge is -2.21. The second kappa shape index (κ2) is 9.03. The van der Waals surface area contributed by atoms with Crippen LogP contribution < -0.4 is 15.5 Å². The maximum Gasteiger partial charge on any atom is 0.419 e. The summed E-state index contributed by atoms with van der Waals surface area (Å²) in [7, 11) is 0. The van der Waals surface area contributed by atoms with Crippen LogP contribution in [0.4, 0.5) is 29.2 Å². The number of rotatable bonds is 5. The van der Waals surface area contributed by atoms with Gasteiger partial charge in [0.2, 0.25) is 5.91 Å².